The number of carbonyl (C=O) groups excluding carboxylic acids is 1. The molecule has 0 saturated carbocycles. The van der Waals surface area contributed by atoms with E-state index in [4.69, 9.17) is 22.1 Å². The zero-order chi connectivity index (χ0) is 29.2. The second kappa shape index (κ2) is 11.9. The molecular formula is C29H27ClF3N6O2SU-. The monoisotopic (exact) mass is 853 g/mol. The molecule has 3 saturated heterocycles. The Balaban J connectivity index is 0.00000329. The summed E-state index contributed by atoms with van der Waals surface area (Å²) >= 11 is 7.82. The molecule has 0 aliphatic carbocycles. The molecule has 43 heavy (non-hydrogen) atoms. The minimum atomic E-state index is -0.922. The molecule has 0 unspecified atom stereocenters. The number of anilines is 2. The van der Waals surface area contributed by atoms with Crippen molar-refractivity contribution in [3.63, 3.8) is 0 Å². The van der Waals surface area contributed by atoms with Gasteiger partial charge in [-0.3, -0.25) is 4.90 Å². The van der Waals surface area contributed by atoms with E-state index in [9.17, 15) is 13.6 Å². The Bertz CT molecular complexity index is 1720. The van der Waals surface area contributed by atoms with E-state index in [-0.39, 0.29) is 59.8 Å². The molecule has 0 bridgehead atoms. The molecular weight excluding hydrogens is 827 g/mol. The summed E-state index contributed by atoms with van der Waals surface area (Å²) < 4.78 is 52.0. The summed E-state index contributed by atoms with van der Waals surface area (Å²) in [6.07, 6.45) is 3.12. The van der Waals surface area contributed by atoms with E-state index in [0.717, 1.165) is 30.7 Å². The molecule has 1 amide bonds. The first-order chi connectivity index (χ1) is 20.3. The number of hydrogen-bond donors (Lipinski definition) is 1. The van der Waals surface area contributed by atoms with Gasteiger partial charge in [-0.2, -0.15) is 16.4 Å². The number of nitrogens with two attached hydrogens (primary N) is 1. The topological polar surface area (TPSA) is 87.8 Å². The van der Waals surface area contributed by atoms with Crippen LogP contribution in [-0.4, -0.2) is 83.8 Å². The number of nitrogens with zero attached hydrogens (tertiary/aromatic N) is 5. The third-order valence-electron chi connectivity index (χ3n) is 8.71. The van der Waals surface area contributed by atoms with Gasteiger partial charge in [0.2, 0.25) is 0 Å². The number of benzene rings is 2. The van der Waals surface area contributed by atoms with Crippen LogP contribution in [0.4, 0.5) is 24.0 Å². The van der Waals surface area contributed by atoms with Gasteiger partial charge in [0.1, 0.15) is 29.9 Å². The van der Waals surface area contributed by atoms with Crippen LogP contribution >= 0.6 is 22.9 Å². The normalized spacial score (nSPS) is 22.3. The van der Waals surface area contributed by atoms with Gasteiger partial charge in [-0.25, -0.2) is 13.2 Å². The minimum Gasteiger partial charge on any atom is -0.520 e. The predicted molar refractivity (Wildman–Crippen MR) is 158 cm³/mol. The molecule has 0 spiro atoms. The number of thiophene rings is 1. The van der Waals surface area contributed by atoms with Crippen molar-refractivity contribution in [3.8, 4) is 17.1 Å². The van der Waals surface area contributed by atoms with Gasteiger partial charge < -0.3 is 25.1 Å². The fourth-order valence-corrected chi connectivity index (χ4v) is 7.85. The van der Waals surface area contributed by atoms with Crippen LogP contribution in [0.25, 0.3) is 32.1 Å². The SMILES string of the molecule is Nc1cc2c(-c3c(Cl)cc4c(N5CCN([C-]=O)CC5)nc(OC[C@@]56CCCN5C[C@H](F)C6)nc4c3F)ccc(F)c2s1.[U]. The molecule has 8 nitrogen and oxygen atoms in total. The van der Waals surface area contributed by atoms with Crippen LogP contribution in [0.15, 0.2) is 24.3 Å². The molecule has 5 heterocycles. The van der Waals surface area contributed by atoms with Gasteiger partial charge in [0.05, 0.1) is 20.3 Å². The van der Waals surface area contributed by atoms with Crippen LogP contribution in [0.2, 0.25) is 5.02 Å². The van der Waals surface area contributed by atoms with E-state index >= 15 is 4.39 Å². The molecule has 7 rings (SSSR count). The predicted octanol–water partition coefficient (Wildman–Crippen LogP) is 5.17. The Kier molecular flexibility index (Phi) is 8.50. The van der Waals surface area contributed by atoms with E-state index in [1.807, 2.05) is 11.3 Å². The molecule has 2 aromatic carbocycles. The van der Waals surface area contributed by atoms with Gasteiger partial charge in [-0.05, 0) is 43.1 Å². The average molecular weight is 854 g/mol. The molecule has 2 N–H and O–H groups in total. The first-order valence-electron chi connectivity index (χ1n) is 13.8. The Labute approximate surface area is 278 Å². The van der Waals surface area contributed by atoms with Crippen molar-refractivity contribution < 1.29 is 53.8 Å². The van der Waals surface area contributed by atoms with Crippen molar-refractivity contribution in [2.75, 3.05) is 56.5 Å². The third-order valence-corrected chi connectivity index (χ3v) is 9.98. The van der Waals surface area contributed by atoms with Crippen LogP contribution in [0.3, 0.4) is 0 Å². The molecule has 3 aliphatic rings. The van der Waals surface area contributed by atoms with E-state index < -0.39 is 23.3 Å². The number of hydrogen-bond acceptors (Lipinski definition) is 8. The Morgan fingerprint density at radius 3 is 2.70 bits per heavy atom. The smallest absolute Gasteiger partial charge is 0.319 e. The maximum absolute atomic E-state index is 16.6. The molecule has 2 atom stereocenters. The number of fused-ring (bicyclic) bond motifs is 3. The summed E-state index contributed by atoms with van der Waals surface area (Å²) in [5.74, 6) is -0.732. The molecule has 4 aromatic rings. The summed E-state index contributed by atoms with van der Waals surface area (Å²) in [6, 6.07) is 5.94. The van der Waals surface area contributed by atoms with Gasteiger partial charge in [0.15, 0.2) is 5.82 Å². The van der Waals surface area contributed by atoms with E-state index in [1.165, 1.54) is 17.0 Å². The fourth-order valence-electron chi connectivity index (χ4n) is 6.70. The second-order valence-electron chi connectivity index (χ2n) is 11.2. The van der Waals surface area contributed by atoms with Crippen molar-refractivity contribution in [2.24, 2.45) is 0 Å². The molecule has 2 aromatic heterocycles. The summed E-state index contributed by atoms with van der Waals surface area (Å²) in [4.78, 5) is 26.0. The van der Waals surface area contributed by atoms with Gasteiger partial charge in [-0.15, -0.1) is 11.3 Å². The molecule has 3 aliphatic heterocycles. The Morgan fingerprint density at radius 1 is 1.14 bits per heavy atom. The van der Waals surface area contributed by atoms with Gasteiger partial charge in [0.25, 0.3) is 0 Å². The van der Waals surface area contributed by atoms with Crippen LogP contribution in [0.1, 0.15) is 19.3 Å². The van der Waals surface area contributed by atoms with E-state index in [1.54, 1.807) is 12.1 Å². The van der Waals surface area contributed by atoms with Crippen LogP contribution in [-0.2, 0) is 4.79 Å². The second-order valence-corrected chi connectivity index (χ2v) is 12.7. The van der Waals surface area contributed by atoms with E-state index in [2.05, 4.69) is 14.9 Å². The van der Waals surface area contributed by atoms with Crippen LogP contribution in [0.5, 0.6) is 6.01 Å². The number of rotatable bonds is 6. The standard InChI is InChI=1S/C29H27ClF3N6O2S.U/c30-20-10-19-25(24(33)23(20)17-2-3-21(32)26-18(17)11-22(34)42-26)35-28(36-27(19)38-8-6-37(15-40)7-9-38)41-14-29-4-1-5-39(29)13-16(31)12-29;/h2-3,10-11,16H,1,4-9,12-14,34H2;/q-1;/t16-,29+;/m1./s1. The van der Waals surface area contributed by atoms with E-state index in [0.29, 0.717) is 71.0 Å². The van der Waals surface area contributed by atoms with Crippen molar-refractivity contribution in [3.05, 3.63) is 40.9 Å². The first kappa shape index (κ1) is 30.7. The number of nitrogen functional groups attached to an aromatic ring is 1. The quantitative estimate of drug-likeness (QED) is 0.268. The summed E-state index contributed by atoms with van der Waals surface area (Å²) in [5.41, 5.74) is 5.99. The molecule has 224 valence electrons. The van der Waals surface area contributed by atoms with Crippen molar-refractivity contribution >= 4 is 61.2 Å². The molecule has 3 fully saturated rings. The minimum absolute atomic E-state index is 0. The number of ether oxygens (including phenoxy) is 1. The summed E-state index contributed by atoms with van der Waals surface area (Å²) in [5, 5.41) is 1.33. The summed E-state index contributed by atoms with van der Waals surface area (Å²) in [6.45, 7) is 3.08. The third kappa shape index (κ3) is 5.35. The van der Waals surface area contributed by atoms with Crippen molar-refractivity contribution in [1.29, 1.82) is 0 Å². The first-order valence-corrected chi connectivity index (χ1v) is 15.0. The maximum atomic E-state index is 16.6. The number of piperazine rings is 1. The zero-order valence-electron chi connectivity index (χ0n) is 23.0. The molecule has 0 radical (unpaired) electrons. The summed E-state index contributed by atoms with van der Waals surface area (Å²) in [7, 11) is 0. The number of aromatic nitrogens is 2. The van der Waals surface area contributed by atoms with Crippen LogP contribution in [0, 0.1) is 42.7 Å². The molecule has 14 heteroatoms. The fraction of sp³-hybridized carbons (Fsp3) is 0.414. The van der Waals surface area contributed by atoms with Crippen molar-refractivity contribution in [2.45, 2.75) is 31.0 Å². The Morgan fingerprint density at radius 2 is 1.93 bits per heavy atom. The maximum Gasteiger partial charge on any atom is 0.319 e. The largest absolute Gasteiger partial charge is 0.520 e. The number of alkyl halides is 1. The van der Waals surface area contributed by atoms with Gasteiger partial charge in [0, 0.05) is 86.6 Å². The van der Waals surface area contributed by atoms with Crippen LogP contribution < -0.4 is 15.4 Å². The van der Waals surface area contributed by atoms with Gasteiger partial charge in [-0.1, -0.05) is 17.7 Å². The number of halogens is 4. The van der Waals surface area contributed by atoms with Gasteiger partial charge >= 0.3 is 6.01 Å². The zero-order valence-corrected chi connectivity index (χ0v) is 28.7. The number of amides is 1. The Hall–Kier alpha value is -2.30. The van der Waals surface area contributed by atoms with Crippen molar-refractivity contribution in [1.82, 2.24) is 19.8 Å². The average Bonchev–Trinajstić information content (AvgIpc) is 3.65.